The number of aromatic nitrogens is 2. The Morgan fingerprint density at radius 1 is 1.00 bits per heavy atom. The predicted octanol–water partition coefficient (Wildman–Crippen LogP) is 2.82. The van der Waals surface area contributed by atoms with Gasteiger partial charge in [0.05, 0.1) is 0 Å². The van der Waals surface area contributed by atoms with E-state index in [1.54, 1.807) is 6.33 Å². The summed E-state index contributed by atoms with van der Waals surface area (Å²) >= 11 is 0. The molecule has 0 spiro atoms. The largest absolute Gasteiger partial charge is 0.367 e. The van der Waals surface area contributed by atoms with E-state index in [1.165, 1.54) is 44.9 Å². The lowest BCUT2D eigenvalue weighted by atomic mass is 9.95. The first kappa shape index (κ1) is 11.8. The Labute approximate surface area is 109 Å². The van der Waals surface area contributed by atoms with Crippen molar-refractivity contribution in [2.45, 2.75) is 51.0 Å². The van der Waals surface area contributed by atoms with Gasteiger partial charge in [-0.25, -0.2) is 9.97 Å². The van der Waals surface area contributed by atoms with Crippen LogP contribution in [0.2, 0.25) is 0 Å². The van der Waals surface area contributed by atoms with Crippen molar-refractivity contribution in [2.24, 2.45) is 0 Å². The van der Waals surface area contributed by atoms with Gasteiger partial charge in [0.15, 0.2) is 0 Å². The van der Waals surface area contributed by atoms with E-state index in [0.29, 0.717) is 6.04 Å². The third-order valence-corrected chi connectivity index (χ3v) is 4.04. The van der Waals surface area contributed by atoms with Crippen molar-refractivity contribution in [1.29, 1.82) is 0 Å². The minimum atomic E-state index is 0.611. The van der Waals surface area contributed by atoms with Crippen LogP contribution in [0.5, 0.6) is 0 Å². The van der Waals surface area contributed by atoms with Crippen LogP contribution in [0.15, 0.2) is 12.4 Å². The summed E-state index contributed by atoms with van der Waals surface area (Å²) in [5.74, 6) is 2.08. The Balaban J connectivity index is 1.66. The second-order valence-electron chi connectivity index (χ2n) is 5.43. The molecule has 1 aromatic rings. The second-order valence-corrected chi connectivity index (χ2v) is 5.43. The fraction of sp³-hybridized carbons (Fsp3) is 0.714. The number of rotatable bonds is 3. The average Bonchev–Trinajstić information content (AvgIpc) is 2.94. The Morgan fingerprint density at radius 3 is 2.56 bits per heavy atom. The second kappa shape index (κ2) is 5.55. The minimum Gasteiger partial charge on any atom is -0.367 e. The summed E-state index contributed by atoms with van der Waals surface area (Å²) in [6.07, 6.45) is 10.9. The third-order valence-electron chi connectivity index (χ3n) is 4.04. The number of hydrogen-bond donors (Lipinski definition) is 1. The molecule has 2 aliphatic rings. The summed E-state index contributed by atoms with van der Waals surface area (Å²) in [6.45, 7) is 2.28. The fourth-order valence-corrected chi connectivity index (χ4v) is 3.00. The highest BCUT2D eigenvalue weighted by atomic mass is 15.2. The van der Waals surface area contributed by atoms with Gasteiger partial charge >= 0.3 is 0 Å². The summed E-state index contributed by atoms with van der Waals surface area (Å²) in [5, 5.41) is 3.57. The lowest BCUT2D eigenvalue weighted by Gasteiger charge is -2.24. The molecule has 1 saturated heterocycles. The number of nitrogens with one attached hydrogen (secondary N) is 1. The van der Waals surface area contributed by atoms with Crippen LogP contribution < -0.4 is 10.2 Å². The van der Waals surface area contributed by atoms with Crippen molar-refractivity contribution in [3.8, 4) is 0 Å². The molecule has 0 unspecified atom stereocenters. The Bertz CT molecular complexity index is 381. The topological polar surface area (TPSA) is 41.1 Å². The first-order valence-corrected chi connectivity index (χ1v) is 7.25. The molecule has 0 radical (unpaired) electrons. The van der Waals surface area contributed by atoms with E-state index in [4.69, 9.17) is 0 Å². The van der Waals surface area contributed by atoms with E-state index in [-0.39, 0.29) is 0 Å². The molecule has 0 aromatic carbocycles. The maximum absolute atomic E-state index is 4.39. The third kappa shape index (κ3) is 2.74. The van der Waals surface area contributed by atoms with Crippen molar-refractivity contribution in [3.05, 3.63) is 12.4 Å². The standard InChI is InChI=1S/C14H22N4/c1-2-6-12(7-3-1)17-13-10-14(16-11-15-13)18-8-4-5-9-18/h10-12H,1-9H2,(H,15,16,17). The zero-order chi connectivity index (χ0) is 12.2. The molecule has 4 nitrogen and oxygen atoms in total. The normalized spacial score (nSPS) is 21.2. The van der Waals surface area contributed by atoms with Crippen molar-refractivity contribution in [2.75, 3.05) is 23.3 Å². The van der Waals surface area contributed by atoms with Crippen LogP contribution in [0, 0.1) is 0 Å². The molecular weight excluding hydrogens is 224 g/mol. The summed E-state index contributed by atoms with van der Waals surface area (Å²) < 4.78 is 0. The molecule has 0 atom stereocenters. The minimum absolute atomic E-state index is 0.611. The van der Waals surface area contributed by atoms with Gasteiger partial charge in [-0.1, -0.05) is 19.3 Å². The predicted molar refractivity (Wildman–Crippen MR) is 74.0 cm³/mol. The zero-order valence-electron chi connectivity index (χ0n) is 10.9. The van der Waals surface area contributed by atoms with Crippen molar-refractivity contribution < 1.29 is 0 Å². The number of hydrogen-bond acceptors (Lipinski definition) is 4. The highest BCUT2D eigenvalue weighted by molar-refractivity contribution is 5.49. The molecule has 0 amide bonds. The Hall–Kier alpha value is -1.32. The van der Waals surface area contributed by atoms with Crippen LogP contribution >= 0.6 is 0 Å². The molecule has 2 heterocycles. The van der Waals surface area contributed by atoms with E-state index < -0.39 is 0 Å². The number of anilines is 2. The van der Waals surface area contributed by atoms with Crippen LogP contribution in [-0.4, -0.2) is 29.1 Å². The summed E-state index contributed by atoms with van der Waals surface area (Å²) in [7, 11) is 0. The molecule has 1 N–H and O–H groups in total. The maximum Gasteiger partial charge on any atom is 0.134 e. The molecular formula is C14H22N4. The SMILES string of the molecule is c1nc(NC2CCCCC2)cc(N2CCCC2)n1. The van der Waals surface area contributed by atoms with Gasteiger partial charge in [0, 0.05) is 25.2 Å². The van der Waals surface area contributed by atoms with Crippen molar-refractivity contribution >= 4 is 11.6 Å². The molecule has 3 rings (SSSR count). The fourth-order valence-electron chi connectivity index (χ4n) is 3.00. The van der Waals surface area contributed by atoms with Gasteiger partial charge in [-0.05, 0) is 25.7 Å². The van der Waals surface area contributed by atoms with Crippen LogP contribution in [0.1, 0.15) is 44.9 Å². The summed E-state index contributed by atoms with van der Waals surface area (Å²) in [6, 6.07) is 2.72. The first-order valence-electron chi connectivity index (χ1n) is 7.25. The molecule has 1 aliphatic carbocycles. The van der Waals surface area contributed by atoms with Gasteiger partial charge < -0.3 is 10.2 Å². The molecule has 4 heteroatoms. The van der Waals surface area contributed by atoms with Gasteiger partial charge in [0.1, 0.15) is 18.0 Å². The van der Waals surface area contributed by atoms with Crippen LogP contribution in [0.4, 0.5) is 11.6 Å². The highest BCUT2D eigenvalue weighted by Crippen LogP contribution is 2.23. The van der Waals surface area contributed by atoms with E-state index >= 15 is 0 Å². The van der Waals surface area contributed by atoms with Gasteiger partial charge in [0.2, 0.25) is 0 Å². The first-order chi connectivity index (χ1) is 8.92. The van der Waals surface area contributed by atoms with E-state index in [0.717, 1.165) is 24.7 Å². The lowest BCUT2D eigenvalue weighted by Crippen LogP contribution is -2.24. The zero-order valence-corrected chi connectivity index (χ0v) is 10.9. The van der Waals surface area contributed by atoms with E-state index in [9.17, 15) is 0 Å². The van der Waals surface area contributed by atoms with Gasteiger partial charge in [-0.3, -0.25) is 0 Å². The monoisotopic (exact) mass is 246 g/mol. The van der Waals surface area contributed by atoms with Crippen LogP contribution in [-0.2, 0) is 0 Å². The molecule has 18 heavy (non-hydrogen) atoms. The highest BCUT2D eigenvalue weighted by Gasteiger charge is 2.16. The van der Waals surface area contributed by atoms with Gasteiger partial charge in [-0.15, -0.1) is 0 Å². The van der Waals surface area contributed by atoms with Crippen molar-refractivity contribution in [1.82, 2.24) is 9.97 Å². The van der Waals surface area contributed by atoms with Crippen molar-refractivity contribution in [3.63, 3.8) is 0 Å². The Morgan fingerprint density at radius 2 is 1.78 bits per heavy atom. The Kier molecular flexibility index (Phi) is 3.62. The lowest BCUT2D eigenvalue weighted by molar-refractivity contribution is 0.462. The summed E-state index contributed by atoms with van der Waals surface area (Å²) in [5.41, 5.74) is 0. The van der Waals surface area contributed by atoms with Crippen LogP contribution in [0.3, 0.4) is 0 Å². The van der Waals surface area contributed by atoms with E-state index in [1.807, 2.05) is 0 Å². The molecule has 1 aliphatic heterocycles. The van der Waals surface area contributed by atoms with E-state index in [2.05, 4.69) is 26.3 Å². The molecule has 1 aromatic heterocycles. The smallest absolute Gasteiger partial charge is 0.134 e. The molecule has 0 bridgehead atoms. The molecule has 2 fully saturated rings. The number of nitrogens with zero attached hydrogens (tertiary/aromatic N) is 3. The van der Waals surface area contributed by atoms with Crippen LogP contribution in [0.25, 0.3) is 0 Å². The quantitative estimate of drug-likeness (QED) is 0.890. The summed E-state index contributed by atoms with van der Waals surface area (Å²) in [4.78, 5) is 11.1. The average molecular weight is 246 g/mol. The molecule has 98 valence electrons. The van der Waals surface area contributed by atoms with Gasteiger partial charge in [0.25, 0.3) is 0 Å². The molecule has 1 saturated carbocycles. The van der Waals surface area contributed by atoms with Gasteiger partial charge in [-0.2, -0.15) is 0 Å². The maximum atomic E-state index is 4.39.